The van der Waals surface area contributed by atoms with Gasteiger partial charge in [-0.15, -0.1) is 0 Å². The van der Waals surface area contributed by atoms with Gasteiger partial charge in [-0.05, 0) is 31.5 Å². The Morgan fingerprint density at radius 3 is 2.52 bits per heavy atom. The van der Waals surface area contributed by atoms with Gasteiger partial charge in [0.2, 0.25) is 0 Å². The first-order chi connectivity index (χ1) is 9.86. The first kappa shape index (κ1) is 17.5. The summed E-state index contributed by atoms with van der Waals surface area (Å²) >= 11 is 5.88. The van der Waals surface area contributed by atoms with Crippen LogP contribution in [0.5, 0.6) is 0 Å². The van der Waals surface area contributed by atoms with E-state index >= 15 is 0 Å². The molecule has 0 spiro atoms. The van der Waals surface area contributed by atoms with Crippen molar-refractivity contribution in [1.82, 2.24) is 10.6 Å². The van der Waals surface area contributed by atoms with Crippen molar-refractivity contribution in [2.75, 3.05) is 20.1 Å². The fourth-order valence-corrected chi connectivity index (χ4v) is 2.11. The summed E-state index contributed by atoms with van der Waals surface area (Å²) in [5.41, 5.74) is 0.950. The summed E-state index contributed by atoms with van der Waals surface area (Å²) in [6.45, 7) is 4.79. The molecule has 0 radical (unpaired) electrons. The molecule has 1 aromatic rings. The van der Waals surface area contributed by atoms with Gasteiger partial charge >= 0.3 is 0 Å². The van der Waals surface area contributed by atoms with E-state index in [0.717, 1.165) is 10.5 Å². The molecule has 0 fully saturated rings. The molecule has 0 saturated carbocycles. The molecule has 1 unspecified atom stereocenters. The van der Waals surface area contributed by atoms with E-state index in [2.05, 4.69) is 10.6 Å². The highest BCUT2D eigenvalue weighted by Gasteiger charge is 2.14. The van der Waals surface area contributed by atoms with E-state index in [0.29, 0.717) is 11.6 Å². The van der Waals surface area contributed by atoms with E-state index in [4.69, 9.17) is 11.6 Å². The van der Waals surface area contributed by atoms with Crippen molar-refractivity contribution in [1.29, 1.82) is 0 Å². The van der Waals surface area contributed by atoms with Crippen LogP contribution in [-0.2, 0) is 16.1 Å². The van der Waals surface area contributed by atoms with Crippen LogP contribution in [0.2, 0.25) is 5.02 Å². The third-order valence-electron chi connectivity index (χ3n) is 2.75. The van der Waals surface area contributed by atoms with Crippen molar-refractivity contribution < 1.29 is 14.5 Å². The number of hydrogen-bond donors (Lipinski definition) is 3. The van der Waals surface area contributed by atoms with Crippen molar-refractivity contribution >= 4 is 23.4 Å². The van der Waals surface area contributed by atoms with Gasteiger partial charge in [-0.2, -0.15) is 0 Å². The largest absolute Gasteiger partial charge is 0.349 e. The average Bonchev–Trinajstić information content (AvgIpc) is 2.35. The van der Waals surface area contributed by atoms with Crippen LogP contribution in [0, 0.1) is 0 Å². The first-order valence-electron chi connectivity index (χ1n) is 6.98. The Bertz CT molecular complexity index is 492. The van der Waals surface area contributed by atoms with E-state index < -0.39 is 0 Å². The van der Waals surface area contributed by atoms with Crippen molar-refractivity contribution in [3.8, 4) is 0 Å². The highest BCUT2D eigenvalue weighted by Crippen LogP contribution is 2.09. The van der Waals surface area contributed by atoms with Gasteiger partial charge in [0.15, 0.2) is 13.1 Å². The number of rotatable bonds is 7. The quantitative estimate of drug-likeness (QED) is 0.663. The molecule has 21 heavy (non-hydrogen) atoms. The molecular formula is C15H23ClN3O2+. The van der Waals surface area contributed by atoms with E-state index in [1.54, 1.807) is 6.07 Å². The fraction of sp³-hybridized carbons (Fsp3) is 0.467. The molecule has 0 saturated heterocycles. The molecular weight excluding hydrogens is 290 g/mol. The SMILES string of the molecule is CC(C)NC(=O)C[NH+](C)CC(=O)NCc1cccc(Cl)c1. The van der Waals surface area contributed by atoms with Gasteiger partial charge < -0.3 is 15.5 Å². The number of likely N-dealkylation sites (N-methyl/N-ethyl adjacent to an activating group) is 1. The molecule has 1 rings (SSSR count). The normalized spacial score (nSPS) is 12.0. The molecule has 6 heteroatoms. The first-order valence-corrected chi connectivity index (χ1v) is 7.36. The van der Waals surface area contributed by atoms with Crippen LogP contribution in [0.4, 0.5) is 0 Å². The maximum Gasteiger partial charge on any atom is 0.275 e. The minimum Gasteiger partial charge on any atom is -0.349 e. The Balaban J connectivity index is 2.31. The predicted octanol–water partition coefficient (Wildman–Crippen LogP) is -0.00450. The lowest BCUT2D eigenvalue weighted by atomic mass is 10.2. The minimum atomic E-state index is -0.0928. The zero-order chi connectivity index (χ0) is 15.8. The van der Waals surface area contributed by atoms with Crippen LogP contribution in [0.15, 0.2) is 24.3 Å². The molecule has 1 aromatic carbocycles. The number of halogens is 1. The van der Waals surface area contributed by atoms with Crippen LogP contribution >= 0.6 is 11.6 Å². The van der Waals surface area contributed by atoms with E-state index in [9.17, 15) is 9.59 Å². The highest BCUT2D eigenvalue weighted by molar-refractivity contribution is 6.30. The number of carbonyl (C=O) groups excluding carboxylic acids is 2. The van der Waals surface area contributed by atoms with Crippen LogP contribution in [0.3, 0.4) is 0 Å². The zero-order valence-electron chi connectivity index (χ0n) is 12.7. The second-order valence-corrected chi connectivity index (χ2v) is 5.88. The minimum absolute atomic E-state index is 0.0508. The summed E-state index contributed by atoms with van der Waals surface area (Å²) in [6, 6.07) is 7.46. The van der Waals surface area contributed by atoms with Gasteiger partial charge in [-0.3, -0.25) is 9.59 Å². The number of hydrogen-bond acceptors (Lipinski definition) is 2. The number of benzene rings is 1. The van der Waals surface area contributed by atoms with Crippen LogP contribution in [0.25, 0.3) is 0 Å². The number of carbonyl (C=O) groups is 2. The van der Waals surface area contributed by atoms with Crippen molar-refractivity contribution in [3.05, 3.63) is 34.9 Å². The van der Waals surface area contributed by atoms with E-state index in [-0.39, 0.29) is 30.9 Å². The molecule has 116 valence electrons. The summed E-state index contributed by atoms with van der Waals surface area (Å²) in [4.78, 5) is 24.2. The number of quaternary nitrogens is 1. The van der Waals surface area contributed by atoms with E-state index in [1.807, 2.05) is 39.1 Å². The molecule has 0 aliphatic rings. The van der Waals surface area contributed by atoms with Gasteiger partial charge in [0.25, 0.3) is 11.8 Å². The lowest BCUT2D eigenvalue weighted by Gasteiger charge is -2.15. The van der Waals surface area contributed by atoms with E-state index in [1.165, 1.54) is 0 Å². The summed E-state index contributed by atoms with van der Waals surface area (Å²) in [5.74, 6) is -0.144. The topological polar surface area (TPSA) is 62.6 Å². The Labute approximate surface area is 130 Å². The van der Waals surface area contributed by atoms with Gasteiger partial charge in [0.1, 0.15) is 0 Å². The molecule has 2 amide bonds. The Hall–Kier alpha value is -1.59. The summed E-state index contributed by atoms with van der Waals surface area (Å²) in [5, 5.41) is 6.27. The maximum absolute atomic E-state index is 11.8. The third kappa shape index (κ3) is 7.68. The molecule has 5 nitrogen and oxygen atoms in total. The Morgan fingerprint density at radius 1 is 1.24 bits per heavy atom. The summed E-state index contributed by atoms with van der Waals surface area (Å²) in [6.07, 6.45) is 0. The van der Waals surface area contributed by atoms with Crippen molar-refractivity contribution in [3.63, 3.8) is 0 Å². The fourth-order valence-electron chi connectivity index (χ4n) is 1.89. The number of nitrogens with one attached hydrogen (secondary N) is 3. The second kappa shape index (κ2) is 8.64. The van der Waals surface area contributed by atoms with Crippen LogP contribution in [0.1, 0.15) is 19.4 Å². The lowest BCUT2D eigenvalue weighted by Crippen LogP contribution is -3.11. The smallest absolute Gasteiger partial charge is 0.275 e. The standard InChI is InChI=1S/C15H22ClN3O2/c1-11(2)18-15(21)10-19(3)9-14(20)17-8-12-5-4-6-13(16)7-12/h4-7,11H,8-10H2,1-3H3,(H,17,20)(H,18,21)/p+1. The molecule has 0 aliphatic carbocycles. The molecule has 1 atom stereocenters. The zero-order valence-corrected chi connectivity index (χ0v) is 13.5. The van der Waals surface area contributed by atoms with Crippen molar-refractivity contribution in [2.24, 2.45) is 0 Å². The van der Waals surface area contributed by atoms with Gasteiger partial charge in [0.05, 0.1) is 7.05 Å². The molecule has 0 aromatic heterocycles. The molecule has 3 N–H and O–H groups in total. The molecule has 0 bridgehead atoms. The van der Waals surface area contributed by atoms with Crippen LogP contribution in [-0.4, -0.2) is 38.0 Å². The summed E-state index contributed by atoms with van der Waals surface area (Å²) < 4.78 is 0. The monoisotopic (exact) mass is 312 g/mol. The molecule has 0 heterocycles. The Kier molecular flexibility index (Phi) is 7.19. The average molecular weight is 313 g/mol. The van der Waals surface area contributed by atoms with Gasteiger partial charge in [0, 0.05) is 17.6 Å². The van der Waals surface area contributed by atoms with Gasteiger partial charge in [-0.1, -0.05) is 23.7 Å². The van der Waals surface area contributed by atoms with Crippen molar-refractivity contribution in [2.45, 2.75) is 26.4 Å². The van der Waals surface area contributed by atoms with Crippen LogP contribution < -0.4 is 15.5 Å². The second-order valence-electron chi connectivity index (χ2n) is 5.44. The highest BCUT2D eigenvalue weighted by atomic mass is 35.5. The van der Waals surface area contributed by atoms with Gasteiger partial charge in [-0.25, -0.2) is 0 Å². The molecule has 0 aliphatic heterocycles. The third-order valence-corrected chi connectivity index (χ3v) is 2.99. The number of amides is 2. The summed E-state index contributed by atoms with van der Waals surface area (Å²) in [7, 11) is 1.82. The Morgan fingerprint density at radius 2 is 1.90 bits per heavy atom. The maximum atomic E-state index is 11.8. The predicted molar refractivity (Wildman–Crippen MR) is 83.2 cm³/mol. The lowest BCUT2D eigenvalue weighted by molar-refractivity contribution is -0.862.